The second kappa shape index (κ2) is 9.00. The molecule has 0 aromatic heterocycles. The van der Waals surface area contributed by atoms with E-state index < -0.39 is 12.0 Å². The number of carbonyl (C=O) groups is 2. The van der Waals surface area contributed by atoms with Crippen molar-refractivity contribution in [1.29, 1.82) is 0 Å². The summed E-state index contributed by atoms with van der Waals surface area (Å²) < 4.78 is 4.76. The highest BCUT2D eigenvalue weighted by atomic mass is 16.5. The minimum absolute atomic E-state index is 0.0463. The predicted molar refractivity (Wildman–Crippen MR) is 61.9 cm³/mol. The molecule has 0 aromatic rings. The number of unbranched alkanes of at least 4 members (excludes halogenated alkanes) is 3. The van der Waals surface area contributed by atoms with Gasteiger partial charge in [0.15, 0.2) is 0 Å². The fourth-order valence-electron chi connectivity index (χ4n) is 1.36. The van der Waals surface area contributed by atoms with Crippen LogP contribution in [0, 0.1) is 0 Å². The molecule has 0 aliphatic heterocycles. The third-order valence-electron chi connectivity index (χ3n) is 2.22. The van der Waals surface area contributed by atoms with Crippen LogP contribution in [0.2, 0.25) is 0 Å². The van der Waals surface area contributed by atoms with E-state index in [1.807, 2.05) is 0 Å². The molecule has 0 heterocycles. The standard InChI is InChI=1S/C11H22N2O3/c1-3-5-6-7-8-13(11(12)15)9-10(14)16-4-2/h3-9H2,1-2H3,(H2,12,15). The number of nitrogens with zero attached hydrogens (tertiary/aromatic N) is 1. The Bertz CT molecular complexity index is 219. The summed E-state index contributed by atoms with van der Waals surface area (Å²) >= 11 is 0. The van der Waals surface area contributed by atoms with Crippen molar-refractivity contribution in [2.24, 2.45) is 5.73 Å². The minimum Gasteiger partial charge on any atom is -0.465 e. The number of hydrogen-bond acceptors (Lipinski definition) is 3. The average molecular weight is 230 g/mol. The molecule has 0 saturated heterocycles. The average Bonchev–Trinajstić information content (AvgIpc) is 2.22. The number of amides is 2. The number of rotatable bonds is 8. The molecule has 94 valence electrons. The van der Waals surface area contributed by atoms with Crippen LogP contribution in [-0.2, 0) is 9.53 Å². The zero-order valence-electron chi connectivity index (χ0n) is 10.2. The van der Waals surface area contributed by atoms with Crippen LogP contribution in [0.5, 0.6) is 0 Å². The first kappa shape index (κ1) is 14.7. The van der Waals surface area contributed by atoms with Gasteiger partial charge in [-0.2, -0.15) is 0 Å². The summed E-state index contributed by atoms with van der Waals surface area (Å²) in [6.45, 7) is 4.64. The largest absolute Gasteiger partial charge is 0.465 e. The molecule has 0 saturated carbocycles. The Kier molecular flexibility index (Phi) is 8.29. The van der Waals surface area contributed by atoms with Gasteiger partial charge in [0.2, 0.25) is 0 Å². The fourth-order valence-corrected chi connectivity index (χ4v) is 1.36. The van der Waals surface area contributed by atoms with Crippen molar-refractivity contribution in [3.05, 3.63) is 0 Å². The van der Waals surface area contributed by atoms with Crippen LogP contribution in [0.15, 0.2) is 0 Å². The van der Waals surface area contributed by atoms with Crippen LogP contribution in [0.25, 0.3) is 0 Å². The molecule has 0 bridgehead atoms. The summed E-state index contributed by atoms with van der Waals surface area (Å²) in [4.78, 5) is 23.5. The van der Waals surface area contributed by atoms with Gasteiger partial charge in [0.25, 0.3) is 0 Å². The minimum atomic E-state index is -0.565. The lowest BCUT2D eigenvalue weighted by molar-refractivity contribution is -0.143. The van der Waals surface area contributed by atoms with Gasteiger partial charge in [0.05, 0.1) is 6.61 Å². The molecular weight excluding hydrogens is 208 g/mol. The lowest BCUT2D eigenvalue weighted by Gasteiger charge is -2.18. The van der Waals surface area contributed by atoms with Gasteiger partial charge in [-0.3, -0.25) is 4.79 Å². The molecule has 0 radical (unpaired) electrons. The van der Waals surface area contributed by atoms with Gasteiger partial charge in [0.1, 0.15) is 6.54 Å². The number of esters is 1. The first-order valence-corrected chi connectivity index (χ1v) is 5.81. The van der Waals surface area contributed by atoms with E-state index in [1.165, 1.54) is 4.90 Å². The van der Waals surface area contributed by atoms with Gasteiger partial charge in [-0.25, -0.2) is 4.79 Å². The van der Waals surface area contributed by atoms with Gasteiger partial charge in [-0.05, 0) is 13.3 Å². The van der Waals surface area contributed by atoms with Crippen molar-refractivity contribution >= 4 is 12.0 Å². The van der Waals surface area contributed by atoms with E-state index in [0.717, 1.165) is 25.7 Å². The Morgan fingerprint density at radius 1 is 1.19 bits per heavy atom. The molecule has 0 unspecified atom stereocenters. The zero-order chi connectivity index (χ0) is 12.4. The third-order valence-corrected chi connectivity index (χ3v) is 2.22. The summed E-state index contributed by atoms with van der Waals surface area (Å²) in [7, 11) is 0. The van der Waals surface area contributed by atoms with E-state index in [1.54, 1.807) is 6.92 Å². The van der Waals surface area contributed by atoms with Crippen molar-refractivity contribution in [2.45, 2.75) is 39.5 Å². The normalized spacial score (nSPS) is 9.88. The molecule has 0 atom stereocenters. The summed E-state index contributed by atoms with van der Waals surface area (Å²) in [5.74, 6) is -0.406. The highest BCUT2D eigenvalue weighted by Gasteiger charge is 2.14. The van der Waals surface area contributed by atoms with E-state index in [2.05, 4.69) is 6.92 Å². The van der Waals surface area contributed by atoms with Crippen LogP contribution >= 0.6 is 0 Å². The maximum Gasteiger partial charge on any atom is 0.325 e. The first-order chi connectivity index (χ1) is 7.61. The third kappa shape index (κ3) is 7.09. The highest BCUT2D eigenvalue weighted by molar-refractivity contribution is 5.79. The Morgan fingerprint density at radius 3 is 2.38 bits per heavy atom. The number of hydrogen-bond donors (Lipinski definition) is 1. The second-order valence-corrected chi connectivity index (χ2v) is 3.63. The van der Waals surface area contributed by atoms with Crippen LogP contribution in [0.4, 0.5) is 4.79 Å². The molecule has 5 nitrogen and oxygen atoms in total. The number of nitrogens with two attached hydrogens (primary N) is 1. The number of ether oxygens (including phenoxy) is 1. The molecule has 2 N–H and O–H groups in total. The molecule has 16 heavy (non-hydrogen) atoms. The number of carbonyl (C=O) groups excluding carboxylic acids is 2. The molecule has 5 heteroatoms. The molecule has 0 aromatic carbocycles. The van der Waals surface area contributed by atoms with Crippen LogP contribution in [0.1, 0.15) is 39.5 Å². The highest BCUT2D eigenvalue weighted by Crippen LogP contribution is 2.01. The molecule has 0 rings (SSSR count). The maximum absolute atomic E-state index is 11.2. The first-order valence-electron chi connectivity index (χ1n) is 5.81. The van der Waals surface area contributed by atoms with Crippen LogP contribution in [-0.4, -0.2) is 36.6 Å². The van der Waals surface area contributed by atoms with E-state index in [4.69, 9.17) is 10.5 Å². The van der Waals surface area contributed by atoms with Gasteiger partial charge < -0.3 is 15.4 Å². The van der Waals surface area contributed by atoms with Gasteiger partial charge >= 0.3 is 12.0 Å². The maximum atomic E-state index is 11.2. The summed E-state index contributed by atoms with van der Waals surface area (Å²) in [5.41, 5.74) is 5.18. The van der Waals surface area contributed by atoms with Crippen molar-refractivity contribution in [1.82, 2.24) is 4.90 Å². The quantitative estimate of drug-likeness (QED) is 0.507. The Morgan fingerprint density at radius 2 is 1.88 bits per heavy atom. The SMILES string of the molecule is CCCCCCN(CC(=O)OCC)C(N)=O. The molecular formula is C11H22N2O3. The topological polar surface area (TPSA) is 72.6 Å². The Balaban J connectivity index is 3.88. The molecule has 0 aliphatic carbocycles. The lowest BCUT2D eigenvalue weighted by Crippen LogP contribution is -2.40. The molecule has 0 aliphatic rings. The van der Waals surface area contributed by atoms with Crippen LogP contribution < -0.4 is 5.73 Å². The Labute approximate surface area is 96.9 Å². The van der Waals surface area contributed by atoms with Crippen molar-refractivity contribution in [2.75, 3.05) is 19.7 Å². The van der Waals surface area contributed by atoms with E-state index in [9.17, 15) is 9.59 Å². The lowest BCUT2D eigenvalue weighted by atomic mass is 10.2. The van der Waals surface area contributed by atoms with Crippen molar-refractivity contribution in [3.63, 3.8) is 0 Å². The molecule has 2 amide bonds. The van der Waals surface area contributed by atoms with Crippen molar-refractivity contribution < 1.29 is 14.3 Å². The van der Waals surface area contributed by atoms with Gasteiger partial charge in [-0.1, -0.05) is 26.2 Å². The zero-order valence-corrected chi connectivity index (χ0v) is 10.2. The van der Waals surface area contributed by atoms with Gasteiger partial charge in [-0.15, -0.1) is 0 Å². The number of primary amides is 1. The van der Waals surface area contributed by atoms with E-state index in [-0.39, 0.29) is 6.54 Å². The van der Waals surface area contributed by atoms with E-state index >= 15 is 0 Å². The summed E-state index contributed by atoms with van der Waals surface area (Å²) in [6.07, 6.45) is 4.18. The molecule has 0 fully saturated rings. The van der Waals surface area contributed by atoms with Crippen LogP contribution in [0.3, 0.4) is 0 Å². The summed E-state index contributed by atoms with van der Waals surface area (Å²) in [5, 5.41) is 0. The van der Waals surface area contributed by atoms with Gasteiger partial charge in [0, 0.05) is 6.54 Å². The molecule has 0 spiro atoms. The van der Waals surface area contributed by atoms with Crippen molar-refractivity contribution in [3.8, 4) is 0 Å². The Hall–Kier alpha value is -1.26. The monoisotopic (exact) mass is 230 g/mol. The summed E-state index contributed by atoms with van der Waals surface area (Å²) in [6, 6.07) is -0.565. The second-order valence-electron chi connectivity index (χ2n) is 3.63. The predicted octanol–water partition coefficient (Wildman–Crippen LogP) is 1.51. The number of urea groups is 1. The smallest absolute Gasteiger partial charge is 0.325 e. The fraction of sp³-hybridized carbons (Fsp3) is 0.818. The van der Waals surface area contributed by atoms with E-state index in [0.29, 0.717) is 13.2 Å².